The fraction of sp³-hybridized carbons (Fsp3) is 0.250. The molecule has 0 saturated heterocycles. The average Bonchev–Trinajstić information content (AvgIpc) is 2.28. The Morgan fingerprint density at radius 1 is 1.25 bits per heavy atom. The minimum Gasteiger partial charge on any atom is -0.294 e. The Hall–Kier alpha value is -1.42. The molecule has 0 aliphatic carbocycles. The van der Waals surface area contributed by atoms with Gasteiger partial charge in [-0.1, -0.05) is 32.6 Å². The van der Waals surface area contributed by atoms with Crippen molar-refractivity contribution in [3.05, 3.63) is 41.8 Å². The maximum Gasteiger partial charge on any atom is 0.199 e. The van der Waals surface area contributed by atoms with Crippen LogP contribution in [0.15, 0.2) is 41.1 Å². The summed E-state index contributed by atoms with van der Waals surface area (Å²) < 4.78 is 22.8. The molecule has 0 spiro atoms. The van der Waals surface area contributed by atoms with Crippen molar-refractivity contribution >= 4 is 15.6 Å². The van der Waals surface area contributed by atoms with E-state index in [0.717, 1.165) is 5.41 Å². The molecule has 3 nitrogen and oxygen atoms in total. The van der Waals surface area contributed by atoms with Crippen molar-refractivity contribution in [3.63, 3.8) is 0 Å². The Morgan fingerprint density at radius 2 is 1.75 bits per heavy atom. The highest BCUT2D eigenvalue weighted by atomic mass is 32.2. The predicted octanol–water partition coefficient (Wildman–Crippen LogP) is 2.44. The minimum atomic E-state index is -3.41. The van der Waals surface area contributed by atoms with Gasteiger partial charge in [-0.15, -0.1) is 0 Å². The minimum absolute atomic E-state index is 0.00236. The molecule has 1 aromatic rings. The van der Waals surface area contributed by atoms with Gasteiger partial charge in [0.15, 0.2) is 15.6 Å². The average molecular weight is 238 g/mol. The Balaban J connectivity index is 3.10. The lowest BCUT2D eigenvalue weighted by Gasteiger charge is -2.04. The molecule has 0 heterocycles. The van der Waals surface area contributed by atoms with Crippen LogP contribution < -0.4 is 0 Å². The number of rotatable bonds is 4. The first-order chi connectivity index (χ1) is 7.38. The van der Waals surface area contributed by atoms with Crippen LogP contribution in [-0.2, 0) is 9.84 Å². The molecule has 86 valence electrons. The quantitative estimate of drug-likeness (QED) is 0.757. The number of Topliss-reactive ketones (excluding diaryl/α,β-unsaturated/α-hetero) is 1. The standard InChI is InChI=1S/C12H14O3S/c1-4-16(14,15)11-7-5-10(6-8-11)12(13)9(2)3/h4-9H,1H2,2-3H3. The van der Waals surface area contributed by atoms with Crippen LogP contribution in [0.25, 0.3) is 0 Å². The van der Waals surface area contributed by atoms with Crippen LogP contribution in [-0.4, -0.2) is 14.2 Å². The van der Waals surface area contributed by atoms with Gasteiger partial charge in [0.2, 0.25) is 0 Å². The van der Waals surface area contributed by atoms with E-state index in [9.17, 15) is 13.2 Å². The largest absolute Gasteiger partial charge is 0.294 e. The summed E-state index contributed by atoms with van der Waals surface area (Å²) in [5.74, 6) is -0.0931. The van der Waals surface area contributed by atoms with Gasteiger partial charge in [-0.3, -0.25) is 4.79 Å². The molecule has 0 fully saturated rings. The maximum absolute atomic E-state index is 11.6. The monoisotopic (exact) mass is 238 g/mol. The molecular weight excluding hydrogens is 224 g/mol. The lowest BCUT2D eigenvalue weighted by molar-refractivity contribution is 0.0939. The summed E-state index contributed by atoms with van der Waals surface area (Å²) in [6.45, 7) is 6.84. The Labute approximate surface area is 95.7 Å². The van der Waals surface area contributed by atoms with Crippen molar-refractivity contribution in [3.8, 4) is 0 Å². The molecule has 0 unspecified atom stereocenters. The molecule has 0 radical (unpaired) electrons. The van der Waals surface area contributed by atoms with Crippen LogP contribution in [0.1, 0.15) is 24.2 Å². The van der Waals surface area contributed by atoms with E-state index in [1.165, 1.54) is 24.3 Å². The number of sulfone groups is 1. The Kier molecular flexibility index (Phi) is 3.65. The molecule has 0 aliphatic rings. The van der Waals surface area contributed by atoms with Gasteiger partial charge in [-0.25, -0.2) is 8.42 Å². The second-order valence-electron chi connectivity index (χ2n) is 3.76. The summed E-state index contributed by atoms with van der Waals surface area (Å²) in [4.78, 5) is 11.8. The molecule has 0 amide bonds. The third kappa shape index (κ3) is 2.58. The predicted molar refractivity (Wildman–Crippen MR) is 63.0 cm³/mol. The summed E-state index contributed by atoms with van der Waals surface area (Å²) in [5.41, 5.74) is 0.526. The first-order valence-corrected chi connectivity index (χ1v) is 6.45. The summed E-state index contributed by atoms with van der Waals surface area (Å²) in [6, 6.07) is 5.90. The second-order valence-corrected chi connectivity index (χ2v) is 5.65. The number of carbonyl (C=O) groups is 1. The number of carbonyl (C=O) groups excluding carboxylic acids is 1. The molecule has 0 saturated carbocycles. The molecule has 1 aromatic carbocycles. The highest BCUT2D eigenvalue weighted by molar-refractivity contribution is 7.94. The fourth-order valence-electron chi connectivity index (χ4n) is 1.24. The number of hydrogen-bond acceptors (Lipinski definition) is 3. The number of benzene rings is 1. The molecule has 16 heavy (non-hydrogen) atoms. The topological polar surface area (TPSA) is 51.2 Å². The molecule has 0 aromatic heterocycles. The molecular formula is C12H14O3S. The lowest BCUT2D eigenvalue weighted by Crippen LogP contribution is -2.07. The van der Waals surface area contributed by atoms with Gasteiger partial charge in [0.1, 0.15) is 0 Å². The molecule has 0 bridgehead atoms. The first kappa shape index (κ1) is 12.6. The van der Waals surface area contributed by atoms with Crippen LogP contribution in [0.4, 0.5) is 0 Å². The lowest BCUT2D eigenvalue weighted by atomic mass is 10.0. The first-order valence-electron chi connectivity index (χ1n) is 4.90. The van der Waals surface area contributed by atoms with E-state index >= 15 is 0 Å². The van der Waals surface area contributed by atoms with Gasteiger partial charge < -0.3 is 0 Å². The van der Waals surface area contributed by atoms with Gasteiger partial charge in [0.25, 0.3) is 0 Å². The van der Waals surface area contributed by atoms with Gasteiger partial charge in [-0.05, 0) is 12.1 Å². The van der Waals surface area contributed by atoms with Crippen molar-refractivity contribution < 1.29 is 13.2 Å². The third-order valence-corrected chi connectivity index (χ3v) is 3.58. The molecule has 1 rings (SSSR count). The van der Waals surface area contributed by atoms with Crippen LogP contribution >= 0.6 is 0 Å². The normalized spacial score (nSPS) is 11.4. The van der Waals surface area contributed by atoms with E-state index in [1.807, 2.05) is 0 Å². The highest BCUT2D eigenvalue weighted by Crippen LogP contribution is 2.15. The van der Waals surface area contributed by atoms with E-state index in [1.54, 1.807) is 13.8 Å². The molecule has 0 atom stereocenters. The van der Waals surface area contributed by atoms with Crippen LogP contribution in [0.3, 0.4) is 0 Å². The van der Waals surface area contributed by atoms with Crippen LogP contribution in [0.5, 0.6) is 0 Å². The molecule has 4 heteroatoms. The zero-order chi connectivity index (χ0) is 12.3. The van der Waals surface area contributed by atoms with Crippen molar-refractivity contribution in [2.24, 2.45) is 5.92 Å². The van der Waals surface area contributed by atoms with Crippen molar-refractivity contribution in [2.75, 3.05) is 0 Å². The molecule has 0 aliphatic heterocycles. The van der Waals surface area contributed by atoms with Crippen molar-refractivity contribution in [1.82, 2.24) is 0 Å². The fourth-order valence-corrected chi connectivity index (χ4v) is 1.95. The highest BCUT2D eigenvalue weighted by Gasteiger charge is 2.13. The molecule has 0 N–H and O–H groups in total. The third-order valence-electron chi connectivity index (χ3n) is 2.21. The van der Waals surface area contributed by atoms with Crippen LogP contribution in [0.2, 0.25) is 0 Å². The van der Waals surface area contributed by atoms with Gasteiger partial charge in [-0.2, -0.15) is 0 Å². The van der Waals surface area contributed by atoms with Crippen LogP contribution in [0, 0.1) is 5.92 Å². The smallest absolute Gasteiger partial charge is 0.199 e. The summed E-state index contributed by atoms with van der Waals surface area (Å²) in [7, 11) is -3.41. The zero-order valence-electron chi connectivity index (χ0n) is 9.30. The second kappa shape index (κ2) is 4.61. The number of ketones is 1. The maximum atomic E-state index is 11.6. The van der Waals surface area contributed by atoms with E-state index in [0.29, 0.717) is 5.56 Å². The van der Waals surface area contributed by atoms with Crippen molar-refractivity contribution in [1.29, 1.82) is 0 Å². The van der Waals surface area contributed by atoms with Crippen molar-refractivity contribution in [2.45, 2.75) is 18.7 Å². The summed E-state index contributed by atoms with van der Waals surface area (Å²) in [6.07, 6.45) is 0. The van der Waals surface area contributed by atoms with Gasteiger partial charge in [0.05, 0.1) is 4.90 Å². The van der Waals surface area contributed by atoms with E-state index in [4.69, 9.17) is 0 Å². The summed E-state index contributed by atoms with van der Waals surface area (Å²) >= 11 is 0. The van der Waals surface area contributed by atoms with Gasteiger partial charge >= 0.3 is 0 Å². The van der Waals surface area contributed by atoms with E-state index in [2.05, 4.69) is 6.58 Å². The summed E-state index contributed by atoms with van der Waals surface area (Å²) in [5, 5.41) is 0.895. The Morgan fingerprint density at radius 3 is 2.12 bits per heavy atom. The number of hydrogen-bond donors (Lipinski definition) is 0. The van der Waals surface area contributed by atoms with E-state index < -0.39 is 9.84 Å². The van der Waals surface area contributed by atoms with E-state index in [-0.39, 0.29) is 16.6 Å². The SMILES string of the molecule is C=CS(=O)(=O)c1ccc(C(=O)C(C)C)cc1. The zero-order valence-corrected chi connectivity index (χ0v) is 10.1. The Bertz CT molecular complexity index is 496. The van der Waals surface area contributed by atoms with Gasteiger partial charge in [0, 0.05) is 16.9 Å².